The van der Waals surface area contributed by atoms with Crippen LogP contribution in [-0.4, -0.2) is 43.3 Å². The Morgan fingerprint density at radius 3 is 1.18 bits per heavy atom. The summed E-state index contributed by atoms with van der Waals surface area (Å²) in [6, 6.07) is 57.7. The molecule has 5 heterocycles. The SMILES string of the molecule is COc1ccc2c(-c3cnc(-c4cc(Oc5ccc6c7ccccc7n(-c7cc(C)ccn7)c6c5)cc5cc(OC)ccc45)cn3)cc(Oc3ccc4c5ccccc5n(-c5cc(C)ccn5)c4c3)cc2c1. The number of aryl methyl sites for hydroxylation is 2. The van der Waals surface area contributed by atoms with Gasteiger partial charge in [-0.1, -0.05) is 48.5 Å². The Morgan fingerprint density at radius 2 is 0.750 bits per heavy atom. The molecule has 0 amide bonds. The first kappa shape index (κ1) is 42.6. The Kier molecular flexibility index (Phi) is 10.1. The molecule has 13 aromatic rings. The topological polar surface area (TPSA) is 98.3 Å². The Labute approximate surface area is 413 Å². The molecular weight excluding hydrogens is 893 g/mol. The molecule has 0 unspecified atom stereocenters. The van der Waals surface area contributed by atoms with Crippen molar-refractivity contribution < 1.29 is 18.9 Å². The first-order chi connectivity index (χ1) is 35.3. The van der Waals surface area contributed by atoms with Gasteiger partial charge in [0.1, 0.15) is 46.1 Å². The summed E-state index contributed by atoms with van der Waals surface area (Å²) < 4.78 is 29.3. The molecule has 0 saturated carbocycles. The van der Waals surface area contributed by atoms with Crippen LogP contribution >= 0.6 is 0 Å². The van der Waals surface area contributed by atoms with Crippen LogP contribution in [-0.2, 0) is 0 Å². The molecule has 13 rings (SSSR count). The fraction of sp³-hybridized carbons (Fsp3) is 0.0645. The molecule has 0 fully saturated rings. The molecule has 0 aliphatic carbocycles. The molecule has 72 heavy (non-hydrogen) atoms. The maximum atomic E-state index is 6.78. The number of aromatic nitrogens is 6. The van der Waals surface area contributed by atoms with E-state index in [1.165, 1.54) is 0 Å². The van der Waals surface area contributed by atoms with Gasteiger partial charge < -0.3 is 18.9 Å². The summed E-state index contributed by atoms with van der Waals surface area (Å²) in [6.45, 7) is 4.16. The van der Waals surface area contributed by atoms with E-state index in [0.29, 0.717) is 34.4 Å². The van der Waals surface area contributed by atoms with Gasteiger partial charge in [-0.05, 0) is 156 Å². The normalized spacial score (nSPS) is 11.6. The molecular formula is C62H44N6O4. The average Bonchev–Trinajstić information content (AvgIpc) is 3.92. The maximum absolute atomic E-state index is 6.78. The third kappa shape index (κ3) is 7.36. The Bertz CT molecular complexity index is 4020. The molecule has 0 saturated heterocycles. The highest BCUT2D eigenvalue weighted by Gasteiger charge is 2.19. The molecule has 0 spiro atoms. The second-order valence-electron chi connectivity index (χ2n) is 18.1. The highest BCUT2D eigenvalue weighted by Crippen LogP contribution is 2.41. The van der Waals surface area contributed by atoms with Gasteiger partial charge in [-0.15, -0.1) is 0 Å². The lowest BCUT2D eigenvalue weighted by Gasteiger charge is -2.14. The Balaban J connectivity index is 0.881. The zero-order valence-electron chi connectivity index (χ0n) is 39.8. The predicted molar refractivity (Wildman–Crippen MR) is 288 cm³/mol. The van der Waals surface area contributed by atoms with E-state index in [4.69, 9.17) is 38.9 Å². The van der Waals surface area contributed by atoms with Crippen LogP contribution in [0.5, 0.6) is 34.5 Å². The van der Waals surface area contributed by atoms with Gasteiger partial charge in [0.15, 0.2) is 0 Å². The minimum atomic E-state index is 0.644. The number of ether oxygens (including phenoxy) is 4. The van der Waals surface area contributed by atoms with Crippen LogP contribution in [0.25, 0.3) is 99.3 Å². The molecule has 0 aliphatic heterocycles. The summed E-state index contributed by atoms with van der Waals surface area (Å²) in [7, 11) is 3.35. The third-order valence-electron chi connectivity index (χ3n) is 13.5. The fourth-order valence-corrected chi connectivity index (χ4v) is 10.1. The fourth-order valence-electron chi connectivity index (χ4n) is 10.1. The maximum Gasteiger partial charge on any atom is 0.137 e. The van der Waals surface area contributed by atoms with Crippen molar-refractivity contribution in [3.05, 3.63) is 206 Å². The highest BCUT2D eigenvalue weighted by atomic mass is 16.5. The van der Waals surface area contributed by atoms with Gasteiger partial charge in [0.05, 0.1) is 60.1 Å². The van der Waals surface area contributed by atoms with Crippen molar-refractivity contribution in [2.75, 3.05) is 14.2 Å². The highest BCUT2D eigenvalue weighted by molar-refractivity contribution is 6.11. The molecule has 0 aliphatic rings. The lowest BCUT2D eigenvalue weighted by Crippen LogP contribution is -1.97. The molecule has 0 atom stereocenters. The van der Waals surface area contributed by atoms with E-state index in [-0.39, 0.29) is 0 Å². The summed E-state index contributed by atoms with van der Waals surface area (Å²) in [5.74, 6) is 5.83. The zero-order valence-corrected chi connectivity index (χ0v) is 39.8. The lowest BCUT2D eigenvalue weighted by atomic mass is 10.00. The molecule has 10 nitrogen and oxygen atoms in total. The van der Waals surface area contributed by atoms with Crippen molar-refractivity contribution in [3.8, 4) is 68.6 Å². The summed E-state index contributed by atoms with van der Waals surface area (Å²) >= 11 is 0. The minimum absolute atomic E-state index is 0.644. The van der Waals surface area contributed by atoms with Crippen molar-refractivity contribution in [2.24, 2.45) is 0 Å². The number of hydrogen-bond acceptors (Lipinski definition) is 8. The number of pyridine rings is 2. The summed E-state index contributed by atoms with van der Waals surface area (Å²) in [5, 5.41) is 8.35. The number of rotatable bonds is 10. The van der Waals surface area contributed by atoms with Crippen molar-refractivity contribution in [1.82, 2.24) is 29.1 Å². The largest absolute Gasteiger partial charge is 0.497 e. The smallest absolute Gasteiger partial charge is 0.137 e. The van der Waals surface area contributed by atoms with Gasteiger partial charge in [-0.2, -0.15) is 0 Å². The number of nitrogens with zero attached hydrogens (tertiary/aromatic N) is 6. The van der Waals surface area contributed by atoms with Crippen molar-refractivity contribution in [1.29, 1.82) is 0 Å². The van der Waals surface area contributed by atoms with E-state index >= 15 is 0 Å². The van der Waals surface area contributed by atoms with Gasteiger partial charge in [0.2, 0.25) is 0 Å². The lowest BCUT2D eigenvalue weighted by molar-refractivity contribution is 0.415. The first-order valence-corrected chi connectivity index (χ1v) is 23.7. The predicted octanol–water partition coefficient (Wildman–Crippen LogP) is 15.3. The number of hydrogen-bond donors (Lipinski definition) is 0. The first-order valence-electron chi connectivity index (χ1n) is 23.7. The molecule has 10 heteroatoms. The number of benzene rings is 8. The second kappa shape index (κ2) is 17.1. The van der Waals surface area contributed by atoms with Crippen LogP contribution in [0.1, 0.15) is 11.1 Å². The number of methoxy groups -OCH3 is 2. The van der Waals surface area contributed by atoms with Crippen LogP contribution in [0.3, 0.4) is 0 Å². The summed E-state index contributed by atoms with van der Waals surface area (Å²) in [4.78, 5) is 19.8. The van der Waals surface area contributed by atoms with Crippen LogP contribution in [0.15, 0.2) is 195 Å². The van der Waals surface area contributed by atoms with E-state index in [9.17, 15) is 0 Å². The Morgan fingerprint density at radius 1 is 0.347 bits per heavy atom. The van der Waals surface area contributed by atoms with Gasteiger partial charge in [-0.25, -0.2) is 9.97 Å². The molecule has 5 aromatic heterocycles. The van der Waals surface area contributed by atoms with E-state index in [2.05, 4.69) is 120 Å². The number of para-hydroxylation sites is 2. The molecule has 0 bridgehead atoms. The van der Waals surface area contributed by atoms with E-state index in [1.54, 1.807) is 14.2 Å². The van der Waals surface area contributed by atoms with Gasteiger partial charge in [0, 0.05) is 57.2 Å². The van der Waals surface area contributed by atoms with E-state index in [0.717, 1.165) is 111 Å². The van der Waals surface area contributed by atoms with Crippen LogP contribution < -0.4 is 18.9 Å². The van der Waals surface area contributed by atoms with Crippen molar-refractivity contribution >= 4 is 65.2 Å². The zero-order chi connectivity index (χ0) is 48.5. The van der Waals surface area contributed by atoms with Crippen molar-refractivity contribution in [3.63, 3.8) is 0 Å². The van der Waals surface area contributed by atoms with Crippen molar-refractivity contribution in [2.45, 2.75) is 13.8 Å². The summed E-state index contributed by atoms with van der Waals surface area (Å²) in [6.07, 6.45) is 7.36. The monoisotopic (exact) mass is 936 g/mol. The second-order valence-corrected chi connectivity index (χ2v) is 18.1. The molecule has 0 N–H and O–H groups in total. The van der Waals surface area contributed by atoms with Gasteiger partial charge in [0.25, 0.3) is 0 Å². The molecule has 8 aromatic carbocycles. The molecule has 0 radical (unpaired) electrons. The quantitative estimate of drug-likeness (QED) is 0.134. The standard InChI is InChI=1S/C62H44N6O4/c1-37-21-23-63-61(25-37)67-57-11-7-5-9-49(57)51-19-15-43(33-59(51)67)71-45-29-39-27-41(69-3)13-17-47(39)53(31-45)55-35-66-56(36-65-55)54-32-46(30-40-28-42(70-4)14-18-48(40)54)72-44-16-20-52-50-10-6-8-12-58(50)68(60(52)34-44)62-26-38(2)22-24-64-62/h5-36H,1-4H3. The third-order valence-corrected chi connectivity index (χ3v) is 13.5. The summed E-state index contributed by atoms with van der Waals surface area (Å²) in [5.41, 5.74) is 9.51. The van der Waals surface area contributed by atoms with Crippen LogP contribution in [0.2, 0.25) is 0 Å². The van der Waals surface area contributed by atoms with Crippen LogP contribution in [0, 0.1) is 13.8 Å². The average molecular weight is 937 g/mol. The van der Waals surface area contributed by atoms with Gasteiger partial charge in [-0.3, -0.25) is 19.1 Å². The van der Waals surface area contributed by atoms with E-state index < -0.39 is 0 Å². The van der Waals surface area contributed by atoms with Gasteiger partial charge >= 0.3 is 0 Å². The van der Waals surface area contributed by atoms with Crippen LogP contribution in [0.4, 0.5) is 0 Å². The Hall–Kier alpha value is -9.54. The minimum Gasteiger partial charge on any atom is -0.497 e. The molecule has 346 valence electrons. The number of fused-ring (bicyclic) bond motifs is 8. The van der Waals surface area contributed by atoms with E-state index in [1.807, 2.05) is 97.6 Å².